The highest BCUT2D eigenvalue weighted by Gasteiger charge is 2.02. The Labute approximate surface area is 101 Å². The summed E-state index contributed by atoms with van der Waals surface area (Å²) in [5.41, 5.74) is 2.29. The Bertz CT molecular complexity index is 453. The van der Waals surface area contributed by atoms with Gasteiger partial charge in [-0.25, -0.2) is 4.39 Å². The molecule has 0 saturated heterocycles. The average molecular weight is 230 g/mol. The third-order valence-electron chi connectivity index (χ3n) is 2.54. The number of aromatic nitrogens is 1. The summed E-state index contributed by atoms with van der Waals surface area (Å²) in [5.74, 6) is -0.191. The van der Waals surface area contributed by atoms with Crippen LogP contribution in [0, 0.1) is 5.82 Å². The minimum atomic E-state index is -0.191. The number of hydrogen-bond acceptors (Lipinski definition) is 2. The first-order valence-corrected chi connectivity index (χ1v) is 5.56. The highest BCUT2D eigenvalue weighted by atomic mass is 19.1. The van der Waals surface area contributed by atoms with Crippen molar-refractivity contribution in [3.05, 3.63) is 65.7 Å². The van der Waals surface area contributed by atoms with E-state index in [-0.39, 0.29) is 5.82 Å². The molecular formula is C14H15FN2. The summed E-state index contributed by atoms with van der Waals surface area (Å²) in [6.45, 7) is 1.64. The first kappa shape index (κ1) is 11.7. The fraction of sp³-hybridized carbons (Fsp3) is 0.214. The van der Waals surface area contributed by atoms with Crippen LogP contribution in [0.4, 0.5) is 4.39 Å². The van der Waals surface area contributed by atoms with Gasteiger partial charge in [0.05, 0.1) is 0 Å². The van der Waals surface area contributed by atoms with E-state index in [1.165, 1.54) is 17.7 Å². The fourth-order valence-corrected chi connectivity index (χ4v) is 1.76. The molecule has 0 N–H and O–H groups in total. The Morgan fingerprint density at radius 3 is 2.41 bits per heavy atom. The molecule has 2 nitrogen and oxygen atoms in total. The van der Waals surface area contributed by atoms with E-state index < -0.39 is 0 Å². The van der Waals surface area contributed by atoms with Crippen molar-refractivity contribution in [3.8, 4) is 0 Å². The van der Waals surface area contributed by atoms with Crippen molar-refractivity contribution in [2.45, 2.75) is 13.1 Å². The van der Waals surface area contributed by atoms with Gasteiger partial charge in [-0.3, -0.25) is 9.88 Å². The summed E-state index contributed by atoms with van der Waals surface area (Å²) in [7, 11) is 2.04. The fourth-order valence-electron chi connectivity index (χ4n) is 1.76. The number of rotatable bonds is 4. The van der Waals surface area contributed by atoms with Crippen molar-refractivity contribution >= 4 is 0 Å². The molecule has 0 spiro atoms. The molecule has 2 aromatic rings. The van der Waals surface area contributed by atoms with Crippen LogP contribution >= 0.6 is 0 Å². The zero-order valence-electron chi connectivity index (χ0n) is 9.81. The number of nitrogens with zero attached hydrogens (tertiary/aromatic N) is 2. The van der Waals surface area contributed by atoms with Gasteiger partial charge in [0.15, 0.2) is 0 Å². The Balaban J connectivity index is 1.93. The van der Waals surface area contributed by atoms with Gasteiger partial charge in [-0.05, 0) is 36.4 Å². The molecule has 0 aliphatic heterocycles. The molecule has 0 aliphatic carbocycles. The second kappa shape index (κ2) is 5.55. The third-order valence-corrected chi connectivity index (χ3v) is 2.54. The molecule has 0 atom stereocenters. The number of pyridine rings is 1. The standard InChI is InChI=1S/C14H15FN2/c1-17(11-13-3-2-8-16-9-13)10-12-4-6-14(15)7-5-12/h2-9H,10-11H2,1H3. The van der Waals surface area contributed by atoms with Gasteiger partial charge >= 0.3 is 0 Å². The smallest absolute Gasteiger partial charge is 0.123 e. The molecule has 0 fully saturated rings. The highest BCUT2D eigenvalue weighted by Crippen LogP contribution is 2.08. The monoisotopic (exact) mass is 230 g/mol. The third kappa shape index (κ3) is 3.64. The van der Waals surface area contributed by atoms with Crippen LogP contribution in [0.5, 0.6) is 0 Å². The van der Waals surface area contributed by atoms with Gasteiger partial charge in [0, 0.05) is 25.5 Å². The van der Waals surface area contributed by atoms with Crippen molar-refractivity contribution in [2.75, 3.05) is 7.05 Å². The van der Waals surface area contributed by atoms with E-state index in [0.717, 1.165) is 18.7 Å². The first-order valence-electron chi connectivity index (χ1n) is 5.56. The Morgan fingerprint density at radius 1 is 1.06 bits per heavy atom. The van der Waals surface area contributed by atoms with Crippen molar-refractivity contribution in [1.29, 1.82) is 0 Å². The van der Waals surface area contributed by atoms with Crippen molar-refractivity contribution in [2.24, 2.45) is 0 Å². The second-order valence-electron chi connectivity index (χ2n) is 4.16. The second-order valence-corrected chi connectivity index (χ2v) is 4.16. The zero-order chi connectivity index (χ0) is 12.1. The molecule has 0 amide bonds. The van der Waals surface area contributed by atoms with Gasteiger partial charge in [0.2, 0.25) is 0 Å². The average Bonchev–Trinajstić information content (AvgIpc) is 2.33. The molecule has 1 aromatic heterocycles. The van der Waals surface area contributed by atoms with Crippen LogP contribution < -0.4 is 0 Å². The lowest BCUT2D eigenvalue weighted by molar-refractivity contribution is 0.318. The molecule has 2 rings (SSSR count). The maximum atomic E-state index is 12.7. The van der Waals surface area contributed by atoms with Crippen LogP contribution in [0.2, 0.25) is 0 Å². The Hall–Kier alpha value is -1.74. The molecule has 0 bridgehead atoms. The van der Waals surface area contributed by atoms with Crippen molar-refractivity contribution in [3.63, 3.8) is 0 Å². The number of benzene rings is 1. The predicted octanol–water partition coefficient (Wildman–Crippen LogP) is 2.85. The molecular weight excluding hydrogens is 215 g/mol. The molecule has 0 saturated carbocycles. The van der Waals surface area contributed by atoms with E-state index in [1.54, 1.807) is 6.20 Å². The van der Waals surface area contributed by atoms with Gasteiger partial charge in [0.25, 0.3) is 0 Å². The maximum Gasteiger partial charge on any atom is 0.123 e. The van der Waals surface area contributed by atoms with Gasteiger partial charge < -0.3 is 0 Å². The molecule has 0 aliphatic rings. The van der Waals surface area contributed by atoms with E-state index in [9.17, 15) is 4.39 Å². The van der Waals surface area contributed by atoms with Crippen LogP contribution in [-0.4, -0.2) is 16.9 Å². The van der Waals surface area contributed by atoms with E-state index >= 15 is 0 Å². The SMILES string of the molecule is CN(Cc1ccc(F)cc1)Cc1cccnc1. The lowest BCUT2D eigenvalue weighted by atomic mass is 10.2. The topological polar surface area (TPSA) is 16.1 Å². The molecule has 88 valence electrons. The summed E-state index contributed by atoms with van der Waals surface area (Å²) >= 11 is 0. The lowest BCUT2D eigenvalue weighted by Gasteiger charge is -2.16. The van der Waals surface area contributed by atoms with E-state index in [0.29, 0.717) is 0 Å². The van der Waals surface area contributed by atoms with E-state index in [4.69, 9.17) is 0 Å². The van der Waals surface area contributed by atoms with Crippen molar-refractivity contribution < 1.29 is 4.39 Å². The zero-order valence-corrected chi connectivity index (χ0v) is 9.81. The molecule has 0 radical (unpaired) electrons. The molecule has 0 unspecified atom stereocenters. The quantitative estimate of drug-likeness (QED) is 0.803. The van der Waals surface area contributed by atoms with E-state index in [1.807, 2.05) is 37.5 Å². The molecule has 17 heavy (non-hydrogen) atoms. The van der Waals surface area contributed by atoms with Gasteiger partial charge in [-0.1, -0.05) is 18.2 Å². The minimum Gasteiger partial charge on any atom is -0.298 e. The Morgan fingerprint density at radius 2 is 1.76 bits per heavy atom. The normalized spacial score (nSPS) is 10.8. The first-order chi connectivity index (χ1) is 8.24. The van der Waals surface area contributed by atoms with Crippen LogP contribution in [0.3, 0.4) is 0 Å². The summed E-state index contributed by atoms with van der Waals surface area (Å²) in [6.07, 6.45) is 3.63. The van der Waals surface area contributed by atoms with Crippen LogP contribution in [0.1, 0.15) is 11.1 Å². The summed E-state index contributed by atoms with van der Waals surface area (Å²) < 4.78 is 12.7. The van der Waals surface area contributed by atoms with Crippen LogP contribution in [0.15, 0.2) is 48.8 Å². The maximum absolute atomic E-state index is 12.7. The highest BCUT2D eigenvalue weighted by molar-refractivity contribution is 5.16. The number of hydrogen-bond donors (Lipinski definition) is 0. The van der Waals surface area contributed by atoms with Gasteiger partial charge in [-0.2, -0.15) is 0 Å². The van der Waals surface area contributed by atoms with Crippen molar-refractivity contribution in [1.82, 2.24) is 9.88 Å². The summed E-state index contributed by atoms with van der Waals surface area (Å²) in [4.78, 5) is 6.25. The predicted molar refractivity (Wildman–Crippen MR) is 65.8 cm³/mol. The molecule has 3 heteroatoms. The molecule has 1 aromatic carbocycles. The minimum absolute atomic E-state index is 0.191. The Kier molecular flexibility index (Phi) is 3.83. The summed E-state index contributed by atoms with van der Waals surface area (Å²) in [6, 6.07) is 10.6. The van der Waals surface area contributed by atoms with Gasteiger partial charge in [-0.15, -0.1) is 0 Å². The van der Waals surface area contributed by atoms with Crippen LogP contribution in [-0.2, 0) is 13.1 Å². The lowest BCUT2D eigenvalue weighted by Crippen LogP contribution is -2.17. The number of halogens is 1. The van der Waals surface area contributed by atoms with Crippen LogP contribution in [0.25, 0.3) is 0 Å². The summed E-state index contributed by atoms with van der Waals surface area (Å²) in [5, 5.41) is 0. The largest absolute Gasteiger partial charge is 0.298 e. The van der Waals surface area contributed by atoms with Gasteiger partial charge in [0.1, 0.15) is 5.82 Å². The molecule has 1 heterocycles. The van der Waals surface area contributed by atoms with E-state index in [2.05, 4.69) is 9.88 Å².